The molecular weight excluding hydrogens is 238 g/mol. The lowest BCUT2D eigenvalue weighted by atomic mass is 10.1. The zero-order chi connectivity index (χ0) is 14.1. The van der Waals surface area contributed by atoms with Crippen molar-refractivity contribution in [1.29, 1.82) is 0 Å². The summed E-state index contributed by atoms with van der Waals surface area (Å²) >= 11 is 0. The van der Waals surface area contributed by atoms with Crippen molar-refractivity contribution >= 4 is 17.8 Å². The molecule has 0 radical (unpaired) electrons. The van der Waals surface area contributed by atoms with E-state index in [2.05, 4.69) is 10.6 Å². The standard InChI is InChI=1S/C11H21N3O4/c1-3-8(10(16)13-4-2)14-9(15)6-5-7(12)11(17)18/h7-8H,3-6,12H2,1-2H3,(H,13,16)(H,14,15)(H,17,18). The molecule has 2 amide bonds. The van der Waals surface area contributed by atoms with Crippen LogP contribution in [0, 0.1) is 0 Å². The van der Waals surface area contributed by atoms with Crippen LogP contribution in [0.15, 0.2) is 0 Å². The molecule has 0 bridgehead atoms. The van der Waals surface area contributed by atoms with E-state index in [1.807, 2.05) is 0 Å². The van der Waals surface area contributed by atoms with Crippen LogP contribution in [-0.4, -0.2) is 41.5 Å². The molecule has 2 unspecified atom stereocenters. The second kappa shape index (κ2) is 8.46. The SMILES string of the molecule is CCNC(=O)C(CC)NC(=O)CCC(N)C(=O)O. The summed E-state index contributed by atoms with van der Waals surface area (Å²) in [5.41, 5.74) is 5.28. The Hall–Kier alpha value is -1.63. The third-order valence-corrected chi connectivity index (χ3v) is 2.41. The smallest absolute Gasteiger partial charge is 0.320 e. The van der Waals surface area contributed by atoms with Gasteiger partial charge in [-0.25, -0.2) is 0 Å². The van der Waals surface area contributed by atoms with Gasteiger partial charge < -0.3 is 21.5 Å². The summed E-state index contributed by atoms with van der Waals surface area (Å²) in [5.74, 6) is -1.75. The van der Waals surface area contributed by atoms with Gasteiger partial charge in [0.1, 0.15) is 12.1 Å². The van der Waals surface area contributed by atoms with Crippen molar-refractivity contribution in [3.63, 3.8) is 0 Å². The summed E-state index contributed by atoms with van der Waals surface area (Å²) in [7, 11) is 0. The second-order valence-electron chi connectivity index (χ2n) is 3.91. The quantitative estimate of drug-likeness (QED) is 0.455. The maximum absolute atomic E-state index is 11.5. The van der Waals surface area contributed by atoms with Crippen LogP contribution in [0.4, 0.5) is 0 Å². The Balaban J connectivity index is 4.12. The van der Waals surface area contributed by atoms with E-state index in [1.54, 1.807) is 13.8 Å². The van der Waals surface area contributed by atoms with Gasteiger partial charge in [0.05, 0.1) is 0 Å². The predicted molar refractivity (Wildman–Crippen MR) is 65.8 cm³/mol. The monoisotopic (exact) mass is 259 g/mol. The third kappa shape index (κ3) is 6.19. The number of hydrogen-bond donors (Lipinski definition) is 4. The number of nitrogens with one attached hydrogen (secondary N) is 2. The molecule has 0 fully saturated rings. The Morgan fingerprint density at radius 1 is 1.28 bits per heavy atom. The summed E-state index contributed by atoms with van der Waals surface area (Å²) < 4.78 is 0. The lowest BCUT2D eigenvalue weighted by Gasteiger charge is -2.16. The van der Waals surface area contributed by atoms with E-state index >= 15 is 0 Å². The third-order valence-electron chi connectivity index (χ3n) is 2.41. The molecule has 0 saturated carbocycles. The van der Waals surface area contributed by atoms with Crippen molar-refractivity contribution in [2.75, 3.05) is 6.54 Å². The molecule has 7 heteroatoms. The van der Waals surface area contributed by atoms with Crippen LogP contribution in [-0.2, 0) is 14.4 Å². The van der Waals surface area contributed by atoms with Crippen molar-refractivity contribution in [3.05, 3.63) is 0 Å². The van der Waals surface area contributed by atoms with E-state index in [0.29, 0.717) is 13.0 Å². The van der Waals surface area contributed by atoms with Crippen LogP contribution < -0.4 is 16.4 Å². The first-order chi connectivity index (χ1) is 8.42. The molecule has 2 atom stereocenters. The lowest BCUT2D eigenvalue weighted by Crippen LogP contribution is -2.46. The molecule has 7 nitrogen and oxygen atoms in total. The van der Waals surface area contributed by atoms with Gasteiger partial charge in [-0.3, -0.25) is 14.4 Å². The van der Waals surface area contributed by atoms with Gasteiger partial charge >= 0.3 is 5.97 Å². The fourth-order valence-corrected chi connectivity index (χ4v) is 1.33. The predicted octanol–water partition coefficient (Wildman–Crippen LogP) is -0.791. The Bertz CT molecular complexity index is 307. The van der Waals surface area contributed by atoms with Gasteiger partial charge in [0, 0.05) is 13.0 Å². The molecule has 0 aromatic rings. The second-order valence-corrected chi connectivity index (χ2v) is 3.91. The average molecular weight is 259 g/mol. The van der Waals surface area contributed by atoms with E-state index in [-0.39, 0.29) is 24.7 Å². The van der Waals surface area contributed by atoms with E-state index in [1.165, 1.54) is 0 Å². The summed E-state index contributed by atoms with van der Waals surface area (Å²) in [6, 6.07) is -1.64. The van der Waals surface area contributed by atoms with Crippen LogP contribution in [0.1, 0.15) is 33.1 Å². The number of carboxylic acid groups (broad SMARTS) is 1. The zero-order valence-electron chi connectivity index (χ0n) is 10.7. The highest BCUT2D eigenvalue weighted by Crippen LogP contribution is 1.98. The average Bonchev–Trinajstić information content (AvgIpc) is 2.32. The number of amides is 2. The minimum Gasteiger partial charge on any atom is -0.480 e. The highest BCUT2D eigenvalue weighted by molar-refractivity contribution is 5.87. The number of likely N-dealkylation sites (N-methyl/N-ethyl adjacent to an activating group) is 1. The number of rotatable bonds is 8. The summed E-state index contributed by atoms with van der Waals surface area (Å²) in [6.45, 7) is 4.07. The van der Waals surface area contributed by atoms with Crippen LogP contribution >= 0.6 is 0 Å². The molecule has 104 valence electrons. The molecule has 0 saturated heterocycles. The molecule has 0 aliphatic heterocycles. The van der Waals surface area contributed by atoms with Gasteiger partial charge in [0.2, 0.25) is 11.8 Å². The normalized spacial score (nSPS) is 13.5. The Morgan fingerprint density at radius 3 is 2.33 bits per heavy atom. The van der Waals surface area contributed by atoms with Gasteiger partial charge in [-0.1, -0.05) is 6.92 Å². The van der Waals surface area contributed by atoms with Crippen molar-refractivity contribution in [3.8, 4) is 0 Å². The molecule has 0 aliphatic carbocycles. The number of hydrogen-bond acceptors (Lipinski definition) is 4. The van der Waals surface area contributed by atoms with Crippen molar-refractivity contribution in [2.24, 2.45) is 5.73 Å². The van der Waals surface area contributed by atoms with Crippen molar-refractivity contribution in [2.45, 2.75) is 45.2 Å². The fourth-order valence-electron chi connectivity index (χ4n) is 1.33. The topological polar surface area (TPSA) is 122 Å². The summed E-state index contributed by atoms with van der Waals surface area (Å²) in [5, 5.41) is 13.7. The highest BCUT2D eigenvalue weighted by Gasteiger charge is 2.19. The van der Waals surface area contributed by atoms with Crippen LogP contribution in [0.2, 0.25) is 0 Å². The van der Waals surface area contributed by atoms with Gasteiger partial charge in [0.25, 0.3) is 0 Å². The number of carbonyl (C=O) groups excluding carboxylic acids is 2. The van der Waals surface area contributed by atoms with Gasteiger partial charge in [0.15, 0.2) is 0 Å². The van der Waals surface area contributed by atoms with Crippen LogP contribution in [0.3, 0.4) is 0 Å². The first kappa shape index (κ1) is 16.4. The first-order valence-electron chi connectivity index (χ1n) is 5.97. The maximum atomic E-state index is 11.5. The Kier molecular flexibility index (Phi) is 7.69. The molecule has 0 rings (SSSR count). The Morgan fingerprint density at radius 2 is 1.89 bits per heavy atom. The molecule has 18 heavy (non-hydrogen) atoms. The maximum Gasteiger partial charge on any atom is 0.320 e. The molecule has 0 aliphatic rings. The minimum absolute atomic E-state index is 0.0105. The van der Waals surface area contributed by atoms with Crippen LogP contribution in [0.5, 0.6) is 0 Å². The largest absolute Gasteiger partial charge is 0.480 e. The molecule has 0 aromatic carbocycles. The molecular formula is C11H21N3O4. The number of carboxylic acids is 1. The fraction of sp³-hybridized carbons (Fsp3) is 0.727. The van der Waals surface area contributed by atoms with Gasteiger partial charge in [-0.05, 0) is 19.8 Å². The number of aliphatic carboxylic acids is 1. The van der Waals surface area contributed by atoms with E-state index in [0.717, 1.165) is 0 Å². The number of nitrogens with two attached hydrogens (primary N) is 1. The molecule has 0 heterocycles. The van der Waals surface area contributed by atoms with E-state index in [9.17, 15) is 14.4 Å². The summed E-state index contributed by atoms with van der Waals surface area (Å²) in [4.78, 5) is 33.5. The highest BCUT2D eigenvalue weighted by atomic mass is 16.4. The first-order valence-corrected chi connectivity index (χ1v) is 5.97. The minimum atomic E-state index is -1.14. The van der Waals surface area contributed by atoms with Crippen LogP contribution in [0.25, 0.3) is 0 Å². The van der Waals surface area contributed by atoms with Gasteiger partial charge in [-0.15, -0.1) is 0 Å². The zero-order valence-corrected chi connectivity index (χ0v) is 10.7. The molecule has 5 N–H and O–H groups in total. The van der Waals surface area contributed by atoms with E-state index < -0.39 is 18.1 Å². The number of carbonyl (C=O) groups is 3. The van der Waals surface area contributed by atoms with Gasteiger partial charge in [-0.2, -0.15) is 0 Å². The Labute approximate surface area is 106 Å². The van der Waals surface area contributed by atoms with E-state index in [4.69, 9.17) is 10.8 Å². The van der Waals surface area contributed by atoms with Crippen molar-refractivity contribution in [1.82, 2.24) is 10.6 Å². The molecule has 0 aromatic heterocycles. The van der Waals surface area contributed by atoms with Crippen molar-refractivity contribution < 1.29 is 19.5 Å². The lowest BCUT2D eigenvalue weighted by molar-refractivity contribution is -0.138. The summed E-state index contributed by atoms with van der Waals surface area (Å²) in [6.07, 6.45) is 0.513. The molecule has 0 spiro atoms.